The van der Waals surface area contributed by atoms with E-state index >= 15 is 0 Å². The summed E-state index contributed by atoms with van der Waals surface area (Å²) < 4.78 is 26.5. The van der Waals surface area contributed by atoms with Gasteiger partial charge in [-0.15, -0.1) is 0 Å². The summed E-state index contributed by atoms with van der Waals surface area (Å²) >= 11 is -1.06. The van der Waals surface area contributed by atoms with Gasteiger partial charge in [0.2, 0.25) is 0 Å². The van der Waals surface area contributed by atoms with E-state index in [4.69, 9.17) is 18.9 Å². The van der Waals surface area contributed by atoms with Crippen molar-refractivity contribution in [2.24, 2.45) is 0 Å². The number of aliphatic hydroxyl groups is 1. The van der Waals surface area contributed by atoms with Crippen molar-refractivity contribution < 1.29 is 24.1 Å². The first-order valence-corrected chi connectivity index (χ1v) is 17.3. The van der Waals surface area contributed by atoms with Gasteiger partial charge in [-0.25, -0.2) is 0 Å². The molecule has 2 N–H and O–H groups in total. The number of benzene rings is 4. The second-order valence-corrected chi connectivity index (χ2v) is 14.4. The maximum atomic E-state index is 12.9. The van der Waals surface area contributed by atoms with Gasteiger partial charge in [-0.1, -0.05) is 0 Å². The molecule has 4 aromatic carbocycles. The summed E-state index contributed by atoms with van der Waals surface area (Å²) in [6.07, 6.45) is -1.08. The van der Waals surface area contributed by atoms with Gasteiger partial charge in [0.1, 0.15) is 0 Å². The van der Waals surface area contributed by atoms with Gasteiger partial charge < -0.3 is 0 Å². The Balaban J connectivity index is 1.41. The normalized spacial score (nSPS) is 19.5. The Hall–Kier alpha value is -4.17. The second-order valence-electron chi connectivity index (χ2n) is 10.8. The minimum atomic E-state index is -1.11. The zero-order valence-corrected chi connectivity index (χ0v) is 27.6. The first kappa shape index (κ1) is 31.8. The Morgan fingerprint density at radius 3 is 1.87 bits per heavy atom. The summed E-state index contributed by atoms with van der Waals surface area (Å²) in [6, 6.07) is 36.5. The predicted octanol–water partition coefficient (Wildman–Crippen LogP) is 3.64. The van der Waals surface area contributed by atoms with Crippen LogP contribution in [0.2, 0.25) is 3.97 Å². The SMILES string of the molecule is COc1ccc(C(OC[C@@H]2O[C@H](n3ccc(=O)[nH]c3=O)C([Te]c3ccccc3)C2O)(c2ccccc2)c2ccc(OC)cc2)cc1. The van der Waals surface area contributed by atoms with Crippen molar-refractivity contribution in [2.75, 3.05) is 20.8 Å². The summed E-state index contributed by atoms with van der Waals surface area (Å²) in [6.45, 7) is 0.000972. The predicted molar refractivity (Wildman–Crippen MR) is 175 cm³/mol. The maximum absolute atomic E-state index is 12.9. The number of rotatable bonds is 11. The van der Waals surface area contributed by atoms with E-state index in [0.29, 0.717) is 11.5 Å². The number of nitrogens with zero attached hydrogens (tertiary/aromatic N) is 1. The van der Waals surface area contributed by atoms with Crippen LogP contribution >= 0.6 is 0 Å². The molecule has 5 aromatic rings. The number of aliphatic hydroxyl groups excluding tert-OH is 1. The first-order chi connectivity index (χ1) is 22.4. The van der Waals surface area contributed by atoms with Gasteiger partial charge in [-0.2, -0.15) is 0 Å². The molecule has 2 unspecified atom stereocenters. The van der Waals surface area contributed by atoms with Crippen molar-refractivity contribution in [3.05, 3.63) is 159 Å². The number of hydrogen-bond acceptors (Lipinski definition) is 7. The first-order valence-electron chi connectivity index (χ1n) is 14.8. The third-order valence-corrected chi connectivity index (χ3v) is 11.9. The van der Waals surface area contributed by atoms with Crippen molar-refractivity contribution in [1.29, 1.82) is 0 Å². The number of nitrogens with one attached hydrogen (secondary N) is 1. The van der Waals surface area contributed by atoms with Crippen LogP contribution < -0.4 is 24.3 Å². The topological polar surface area (TPSA) is 112 Å². The molecule has 0 aliphatic carbocycles. The van der Waals surface area contributed by atoms with Gasteiger partial charge in [0.15, 0.2) is 0 Å². The molecule has 6 rings (SSSR count). The van der Waals surface area contributed by atoms with Crippen LogP contribution in [0.15, 0.2) is 131 Å². The fraction of sp³-hybridized carbons (Fsp3) is 0.222. The molecule has 2 heterocycles. The molecular formula is C36H34N2O7Te. The molecule has 236 valence electrons. The molecule has 46 heavy (non-hydrogen) atoms. The zero-order valence-electron chi connectivity index (χ0n) is 25.3. The van der Waals surface area contributed by atoms with Crippen LogP contribution in [-0.4, -0.2) is 68.6 Å². The average Bonchev–Trinajstić information content (AvgIpc) is 3.40. The van der Waals surface area contributed by atoms with Crippen LogP contribution in [0, 0.1) is 0 Å². The Bertz CT molecular complexity index is 1800. The zero-order chi connectivity index (χ0) is 32.1. The molecule has 4 atom stereocenters. The van der Waals surface area contributed by atoms with Gasteiger partial charge in [-0.05, 0) is 0 Å². The fourth-order valence-electron chi connectivity index (χ4n) is 5.77. The van der Waals surface area contributed by atoms with E-state index < -0.39 is 56.2 Å². The van der Waals surface area contributed by atoms with E-state index in [9.17, 15) is 14.7 Å². The number of aromatic nitrogens is 2. The molecule has 10 heteroatoms. The second kappa shape index (κ2) is 14.1. The number of hydrogen-bond donors (Lipinski definition) is 2. The monoisotopic (exact) mass is 736 g/mol. The van der Waals surface area contributed by atoms with E-state index in [0.717, 1.165) is 20.3 Å². The fourth-order valence-corrected chi connectivity index (χ4v) is 9.35. The summed E-state index contributed by atoms with van der Waals surface area (Å²) in [7, 11) is 3.24. The van der Waals surface area contributed by atoms with Crippen molar-refractivity contribution in [3.8, 4) is 11.5 Å². The molecule has 1 aliphatic rings. The number of H-pyrrole nitrogens is 1. The summed E-state index contributed by atoms with van der Waals surface area (Å²) in [4.78, 5) is 27.1. The van der Waals surface area contributed by atoms with Gasteiger partial charge in [0, 0.05) is 0 Å². The summed E-state index contributed by atoms with van der Waals surface area (Å²) in [5, 5.41) is 11.8. The van der Waals surface area contributed by atoms with Crippen LogP contribution in [0.1, 0.15) is 22.9 Å². The van der Waals surface area contributed by atoms with Gasteiger partial charge in [0.05, 0.1) is 0 Å². The van der Waals surface area contributed by atoms with Crippen LogP contribution in [0.3, 0.4) is 0 Å². The summed E-state index contributed by atoms with van der Waals surface area (Å²) in [5.41, 5.74) is 0.372. The number of aromatic amines is 1. The van der Waals surface area contributed by atoms with Crippen molar-refractivity contribution in [3.63, 3.8) is 0 Å². The molecular weight excluding hydrogens is 700 g/mol. The standard InChI is InChI=1S/C36H34N2O7Te/c1-42-27-17-13-25(14-18-27)36(24-9-5-3-6-10-24,26-15-19-28(43-2)20-16-26)44-23-30-32(40)33(46-29-11-7-4-8-12-29)34(45-30)38-22-21-31(39)37-35(38)41/h3-22,30,32-34,40H,23H2,1-2H3,(H,37,39,41)/t30-,32?,33?,34-/m0/s1. The van der Waals surface area contributed by atoms with E-state index in [1.54, 1.807) is 14.2 Å². The van der Waals surface area contributed by atoms with Crippen molar-refractivity contribution in [2.45, 2.75) is 28.0 Å². The molecule has 1 saturated heterocycles. The third-order valence-electron chi connectivity index (χ3n) is 8.09. The molecule has 0 spiro atoms. The minimum absolute atomic E-state index is 0.000972. The van der Waals surface area contributed by atoms with E-state index in [2.05, 4.69) is 4.98 Å². The molecule has 0 bridgehead atoms. The Morgan fingerprint density at radius 2 is 1.33 bits per heavy atom. The Morgan fingerprint density at radius 1 is 0.783 bits per heavy atom. The Labute approximate surface area is 276 Å². The molecule has 1 aromatic heterocycles. The molecule has 9 nitrogen and oxygen atoms in total. The van der Waals surface area contributed by atoms with Crippen LogP contribution in [0.25, 0.3) is 0 Å². The third kappa shape index (κ3) is 6.40. The van der Waals surface area contributed by atoms with E-state index in [-0.39, 0.29) is 10.6 Å². The number of methoxy groups -OCH3 is 2. The quantitative estimate of drug-likeness (QED) is 0.158. The Kier molecular flexibility index (Phi) is 9.73. The molecule has 1 fully saturated rings. The van der Waals surface area contributed by atoms with Crippen LogP contribution in [0.5, 0.6) is 11.5 Å². The van der Waals surface area contributed by atoms with Crippen LogP contribution in [0.4, 0.5) is 0 Å². The van der Waals surface area contributed by atoms with Crippen LogP contribution in [-0.2, 0) is 15.1 Å². The molecule has 0 saturated carbocycles. The van der Waals surface area contributed by atoms with Crippen molar-refractivity contribution in [1.82, 2.24) is 9.55 Å². The van der Waals surface area contributed by atoms with E-state index in [1.165, 1.54) is 16.8 Å². The average molecular weight is 734 g/mol. The molecule has 1 aliphatic heterocycles. The van der Waals surface area contributed by atoms with Gasteiger partial charge in [-0.3, -0.25) is 0 Å². The molecule has 0 amide bonds. The summed E-state index contributed by atoms with van der Waals surface area (Å²) in [5.74, 6) is 1.41. The van der Waals surface area contributed by atoms with E-state index in [1.807, 2.05) is 109 Å². The van der Waals surface area contributed by atoms with Crippen molar-refractivity contribution >= 4 is 24.5 Å². The van der Waals surface area contributed by atoms with Gasteiger partial charge in [0.25, 0.3) is 0 Å². The number of ether oxygens (including phenoxy) is 4. The van der Waals surface area contributed by atoms with Gasteiger partial charge >= 0.3 is 277 Å². The molecule has 0 radical (unpaired) electrons.